The number of aromatic nitrogens is 1. The van der Waals surface area contributed by atoms with Crippen LogP contribution >= 0.6 is 0 Å². The van der Waals surface area contributed by atoms with Crippen LogP contribution in [-0.4, -0.2) is 17.4 Å². The molecule has 5 heteroatoms. The molecule has 0 spiro atoms. The summed E-state index contributed by atoms with van der Waals surface area (Å²) in [6.45, 7) is -1.32. The van der Waals surface area contributed by atoms with Crippen LogP contribution in [0.25, 0.3) is 60.9 Å². The van der Waals surface area contributed by atoms with E-state index in [1.165, 1.54) is 21.9 Å². The Kier molecular flexibility index (Phi) is 4.70. The lowest BCUT2D eigenvalue weighted by molar-refractivity contribution is -0.153. The number of nitrogens with zero attached hydrogens (tertiary/aromatic N) is 1. The summed E-state index contributed by atoms with van der Waals surface area (Å²) >= 11 is 0. The van der Waals surface area contributed by atoms with Gasteiger partial charge in [-0.3, -0.25) is 0 Å². The lowest BCUT2D eigenvalue weighted by Crippen LogP contribution is -2.19. The monoisotopic (exact) mass is 491 g/mol. The number of alkyl halides is 3. The van der Waals surface area contributed by atoms with Crippen molar-refractivity contribution in [3.05, 3.63) is 109 Å². The quantitative estimate of drug-likeness (QED) is 0.240. The van der Waals surface area contributed by atoms with E-state index < -0.39 is 12.8 Å². The van der Waals surface area contributed by atoms with Gasteiger partial charge in [-0.2, -0.15) is 13.2 Å². The SMILES string of the molecule is FC(F)(F)COc1cccc(-c2ccc3c(c2)-n2c4ccccc4c4cccc(c42)-c2ccccc2-3)c1. The number of para-hydroxylation sites is 2. The number of hydrogen-bond acceptors (Lipinski definition) is 1. The van der Waals surface area contributed by atoms with Crippen LogP contribution in [0, 0.1) is 0 Å². The molecule has 0 atom stereocenters. The molecule has 1 aliphatic heterocycles. The molecule has 1 aromatic heterocycles. The van der Waals surface area contributed by atoms with Crippen LogP contribution in [0.4, 0.5) is 13.2 Å². The molecule has 0 amide bonds. The molecule has 0 saturated heterocycles. The molecule has 0 aliphatic carbocycles. The molecule has 0 unspecified atom stereocenters. The highest BCUT2D eigenvalue weighted by Crippen LogP contribution is 2.47. The highest BCUT2D eigenvalue weighted by Gasteiger charge is 2.28. The van der Waals surface area contributed by atoms with E-state index in [1.807, 2.05) is 18.2 Å². The highest BCUT2D eigenvalue weighted by molar-refractivity contribution is 6.16. The number of rotatable bonds is 3. The maximum absolute atomic E-state index is 12.7. The third kappa shape index (κ3) is 3.50. The minimum atomic E-state index is -4.39. The first-order chi connectivity index (χ1) is 18.0. The molecule has 7 rings (SSSR count). The van der Waals surface area contributed by atoms with Crippen molar-refractivity contribution in [2.75, 3.05) is 6.61 Å². The number of halogens is 3. The smallest absolute Gasteiger partial charge is 0.422 e. The van der Waals surface area contributed by atoms with Gasteiger partial charge in [0, 0.05) is 21.9 Å². The molecule has 0 fully saturated rings. The molecule has 1 aliphatic rings. The summed E-state index contributed by atoms with van der Waals surface area (Å²) in [7, 11) is 0. The Morgan fingerprint density at radius 3 is 2.11 bits per heavy atom. The lowest BCUT2D eigenvalue weighted by Gasteiger charge is -2.15. The van der Waals surface area contributed by atoms with Gasteiger partial charge < -0.3 is 9.30 Å². The molecule has 2 heterocycles. The van der Waals surface area contributed by atoms with Crippen LogP contribution in [-0.2, 0) is 0 Å². The maximum Gasteiger partial charge on any atom is 0.422 e. The number of fused-ring (bicyclic) bond motifs is 8. The Labute approximate surface area is 211 Å². The summed E-state index contributed by atoms with van der Waals surface area (Å²) in [5.41, 5.74) is 9.57. The summed E-state index contributed by atoms with van der Waals surface area (Å²) in [6, 6.07) is 36.4. The van der Waals surface area contributed by atoms with E-state index in [1.54, 1.807) is 18.2 Å². The average Bonchev–Trinajstić information content (AvgIpc) is 3.19. The van der Waals surface area contributed by atoms with E-state index in [0.29, 0.717) is 0 Å². The first-order valence-corrected chi connectivity index (χ1v) is 12.0. The molecule has 6 aromatic rings. The second-order valence-corrected chi connectivity index (χ2v) is 9.26. The second-order valence-electron chi connectivity index (χ2n) is 9.26. The zero-order valence-corrected chi connectivity index (χ0v) is 19.6. The van der Waals surface area contributed by atoms with Crippen LogP contribution in [0.2, 0.25) is 0 Å². The summed E-state index contributed by atoms with van der Waals surface area (Å²) in [4.78, 5) is 0. The number of ether oxygens (including phenoxy) is 1. The highest BCUT2D eigenvalue weighted by atomic mass is 19.4. The van der Waals surface area contributed by atoms with E-state index in [0.717, 1.165) is 39.0 Å². The molecule has 0 N–H and O–H groups in total. The predicted octanol–water partition coefficient (Wildman–Crippen LogP) is 9.04. The van der Waals surface area contributed by atoms with Gasteiger partial charge in [-0.1, -0.05) is 84.9 Å². The Morgan fingerprint density at radius 2 is 1.27 bits per heavy atom. The van der Waals surface area contributed by atoms with Gasteiger partial charge >= 0.3 is 6.18 Å². The molecule has 2 nitrogen and oxygen atoms in total. The van der Waals surface area contributed by atoms with Crippen molar-refractivity contribution >= 4 is 21.8 Å². The van der Waals surface area contributed by atoms with Gasteiger partial charge in [0.05, 0.1) is 16.7 Å². The normalized spacial score (nSPS) is 12.3. The minimum Gasteiger partial charge on any atom is -0.484 e. The largest absolute Gasteiger partial charge is 0.484 e. The van der Waals surface area contributed by atoms with Gasteiger partial charge in [0.1, 0.15) is 5.75 Å². The zero-order chi connectivity index (χ0) is 25.1. The molecule has 0 radical (unpaired) electrons. The minimum absolute atomic E-state index is 0.189. The summed E-state index contributed by atoms with van der Waals surface area (Å²) in [5, 5.41) is 2.36. The van der Waals surface area contributed by atoms with Crippen LogP contribution in [0.15, 0.2) is 109 Å². The summed E-state index contributed by atoms with van der Waals surface area (Å²) < 4.78 is 45.5. The van der Waals surface area contributed by atoms with Crippen molar-refractivity contribution in [2.24, 2.45) is 0 Å². The molecule has 5 aromatic carbocycles. The Hall–Kier alpha value is -4.51. The van der Waals surface area contributed by atoms with Crippen molar-refractivity contribution in [1.82, 2.24) is 4.57 Å². The standard InChI is InChI=1S/C32H20F3NO/c33-32(34,35)19-37-22-8-5-7-20(17-22)21-15-16-26-23-9-1-2-10-24(23)27-12-6-13-28-25-11-3-4-14-29(25)36(31(27)28)30(26)18-21/h1-18H,19H2. The molecular formula is C32H20F3NO. The average molecular weight is 492 g/mol. The fourth-order valence-corrected chi connectivity index (χ4v) is 5.49. The Bertz CT molecular complexity index is 1830. The fourth-order valence-electron chi connectivity index (χ4n) is 5.49. The van der Waals surface area contributed by atoms with Crippen LogP contribution in [0.3, 0.4) is 0 Å². The van der Waals surface area contributed by atoms with Gasteiger partial charge in [0.2, 0.25) is 0 Å². The maximum atomic E-state index is 12.7. The third-order valence-electron chi connectivity index (χ3n) is 7.01. The van der Waals surface area contributed by atoms with Gasteiger partial charge in [0.15, 0.2) is 6.61 Å². The first kappa shape index (κ1) is 21.7. The van der Waals surface area contributed by atoms with Crippen molar-refractivity contribution in [3.63, 3.8) is 0 Å². The van der Waals surface area contributed by atoms with Crippen molar-refractivity contribution in [1.29, 1.82) is 0 Å². The van der Waals surface area contributed by atoms with Crippen LogP contribution in [0.1, 0.15) is 0 Å². The van der Waals surface area contributed by atoms with E-state index in [2.05, 4.69) is 77.4 Å². The van der Waals surface area contributed by atoms with Gasteiger partial charge in [-0.25, -0.2) is 0 Å². The predicted molar refractivity (Wildman–Crippen MR) is 142 cm³/mol. The Morgan fingerprint density at radius 1 is 0.595 bits per heavy atom. The van der Waals surface area contributed by atoms with Gasteiger partial charge in [-0.15, -0.1) is 0 Å². The number of hydrogen-bond donors (Lipinski definition) is 0. The van der Waals surface area contributed by atoms with Gasteiger partial charge in [-0.05, 0) is 46.5 Å². The Balaban J connectivity index is 1.49. The van der Waals surface area contributed by atoms with E-state index in [9.17, 15) is 13.2 Å². The number of benzene rings is 5. The molecule has 180 valence electrons. The topological polar surface area (TPSA) is 14.2 Å². The van der Waals surface area contributed by atoms with Crippen LogP contribution in [0.5, 0.6) is 5.75 Å². The fraction of sp³-hybridized carbons (Fsp3) is 0.0625. The lowest BCUT2D eigenvalue weighted by atomic mass is 9.92. The van der Waals surface area contributed by atoms with E-state index >= 15 is 0 Å². The van der Waals surface area contributed by atoms with Crippen LogP contribution < -0.4 is 4.74 Å². The van der Waals surface area contributed by atoms with Crippen molar-refractivity contribution in [2.45, 2.75) is 6.18 Å². The molecular weight excluding hydrogens is 471 g/mol. The van der Waals surface area contributed by atoms with Crippen molar-refractivity contribution in [3.8, 4) is 44.8 Å². The summed E-state index contributed by atoms with van der Waals surface area (Å²) in [6.07, 6.45) is -4.39. The van der Waals surface area contributed by atoms with Crippen molar-refractivity contribution < 1.29 is 17.9 Å². The van der Waals surface area contributed by atoms with Gasteiger partial charge in [0.25, 0.3) is 0 Å². The molecule has 0 bridgehead atoms. The molecule has 0 saturated carbocycles. The van der Waals surface area contributed by atoms with E-state index in [-0.39, 0.29) is 5.75 Å². The van der Waals surface area contributed by atoms with E-state index in [4.69, 9.17) is 4.74 Å². The molecule has 37 heavy (non-hydrogen) atoms. The third-order valence-corrected chi connectivity index (χ3v) is 7.01. The summed E-state index contributed by atoms with van der Waals surface area (Å²) in [5.74, 6) is 0.189. The second kappa shape index (κ2) is 8.00. The zero-order valence-electron chi connectivity index (χ0n) is 19.6. The first-order valence-electron chi connectivity index (χ1n) is 12.0.